The second-order valence-corrected chi connectivity index (χ2v) is 7.28. The van der Waals surface area contributed by atoms with Crippen molar-refractivity contribution in [3.05, 3.63) is 34.1 Å². The normalized spacial score (nSPS) is 26.0. The summed E-state index contributed by atoms with van der Waals surface area (Å²) >= 11 is 0. The molecule has 2 fully saturated rings. The highest BCUT2D eigenvalue weighted by atomic mass is 32.2. The number of non-ortho nitro benzene ring substituents is 1. The molecule has 3 rings (SSSR count). The number of nitrogens with one attached hydrogen (secondary N) is 1. The minimum atomic E-state index is -3.95. The van der Waals surface area contributed by atoms with Gasteiger partial charge in [0.25, 0.3) is 5.69 Å². The molecule has 0 saturated carbocycles. The van der Waals surface area contributed by atoms with Gasteiger partial charge in [0.1, 0.15) is 10.7 Å². The Balaban J connectivity index is 1.90. The van der Waals surface area contributed by atoms with Gasteiger partial charge in [-0.3, -0.25) is 10.1 Å². The van der Waals surface area contributed by atoms with Gasteiger partial charge in [-0.25, -0.2) is 12.8 Å². The van der Waals surface area contributed by atoms with E-state index in [-0.39, 0.29) is 11.8 Å². The van der Waals surface area contributed by atoms with Crippen LogP contribution in [0.2, 0.25) is 0 Å². The van der Waals surface area contributed by atoms with E-state index in [0.717, 1.165) is 25.2 Å². The zero-order chi connectivity index (χ0) is 15.2. The molecule has 2 saturated heterocycles. The summed E-state index contributed by atoms with van der Waals surface area (Å²) in [5.41, 5.74) is -0.464. The van der Waals surface area contributed by atoms with Crippen LogP contribution in [0.1, 0.15) is 0 Å². The summed E-state index contributed by atoms with van der Waals surface area (Å²) in [6.45, 7) is 2.24. The van der Waals surface area contributed by atoms with Gasteiger partial charge in [-0.2, -0.15) is 4.31 Å². The van der Waals surface area contributed by atoms with Crippen LogP contribution in [0, 0.1) is 27.8 Å². The van der Waals surface area contributed by atoms with Gasteiger partial charge in [-0.05, 0) is 31.0 Å². The standard InChI is InChI=1S/C12H14FN3O4S/c13-11-3-10(16(17)18)1-2-12(11)21(19,20)15-6-8-4-14-5-9(8)7-15/h1-3,8-9,14H,4-7H2. The van der Waals surface area contributed by atoms with E-state index in [2.05, 4.69) is 5.32 Å². The first-order valence-corrected chi connectivity index (χ1v) is 7.98. The number of benzene rings is 1. The fraction of sp³-hybridized carbons (Fsp3) is 0.500. The summed E-state index contributed by atoms with van der Waals surface area (Å²) in [6, 6.07) is 2.62. The summed E-state index contributed by atoms with van der Waals surface area (Å²) in [5.74, 6) is -0.582. The van der Waals surface area contributed by atoms with Crippen molar-refractivity contribution in [1.82, 2.24) is 9.62 Å². The predicted octanol–water partition coefficient (Wildman–Crippen LogP) is 0.574. The van der Waals surface area contributed by atoms with Gasteiger partial charge < -0.3 is 5.32 Å². The number of nitro groups is 1. The maximum Gasteiger partial charge on any atom is 0.272 e. The molecule has 2 heterocycles. The summed E-state index contributed by atoms with van der Waals surface area (Å²) < 4.78 is 40.1. The number of rotatable bonds is 3. The van der Waals surface area contributed by atoms with Crippen LogP contribution in [0.5, 0.6) is 0 Å². The Labute approximate surface area is 120 Å². The van der Waals surface area contributed by atoms with Crippen molar-refractivity contribution in [2.24, 2.45) is 11.8 Å². The van der Waals surface area contributed by atoms with Gasteiger partial charge in [0.2, 0.25) is 10.0 Å². The fourth-order valence-corrected chi connectivity index (χ4v) is 4.56. The minimum absolute atomic E-state index is 0.251. The van der Waals surface area contributed by atoms with Gasteiger partial charge in [-0.1, -0.05) is 0 Å². The highest BCUT2D eigenvalue weighted by Crippen LogP contribution is 2.32. The summed E-state index contributed by atoms with van der Waals surface area (Å²) in [7, 11) is -3.95. The Morgan fingerprint density at radius 3 is 2.43 bits per heavy atom. The molecule has 1 aromatic carbocycles. The van der Waals surface area contributed by atoms with Crippen LogP contribution < -0.4 is 5.32 Å². The molecule has 1 N–H and O–H groups in total. The number of nitrogens with zero attached hydrogens (tertiary/aromatic N) is 2. The largest absolute Gasteiger partial charge is 0.316 e. The van der Waals surface area contributed by atoms with Crippen LogP contribution in [0.15, 0.2) is 23.1 Å². The molecule has 2 atom stereocenters. The van der Waals surface area contributed by atoms with Crippen molar-refractivity contribution in [2.45, 2.75) is 4.90 Å². The number of fused-ring (bicyclic) bond motifs is 1. The van der Waals surface area contributed by atoms with Gasteiger partial charge in [0, 0.05) is 19.2 Å². The van der Waals surface area contributed by atoms with E-state index >= 15 is 0 Å². The number of sulfonamides is 1. The van der Waals surface area contributed by atoms with Crippen LogP contribution in [0.3, 0.4) is 0 Å². The van der Waals surface area contributed by atoms with Gasteiger partial charge in [-0.15, -0.1) is 0 Å². The number of nitro benzene ring substituents is 1. The SMILES string of the molecule is O=[N+]([O-])c1ccc(S(=O)(=O)N2CC3CNCC3C2)c(F)c1. The molecule has 21 heavy (non-hydrogen) atoms. The molecule has 2 aliphatic rings. The molecule has 2 unspecified atom stereocenters. The average Bonchev–Trinajstić information content (AvgIpc) is 2.98. The van der Waals surface area contributed by atoms with Crippen LogP contribution in [0.25, 0.3) is 0 Å². The molecular weight excluding hydrogens is 301 g/mol. The first kappa shape index (κ1) is 14.4. The third kappa shape index (κ3) is 2.41. The molecule has 114 valence electrons. The highest BCUT2D eigenvalue weighted by Gasteiger charge is 2.42. The second-order valence-electron chi connectivity index (χ2n) is 5.37. The van der Waals surface area contributed by atoms with E-state index in [4.69, 9.17) is 0 Å². The lowest BCUT2D eigenvalue weighted by Gasteiger charge is -2.17. The number of halogens is 1. The Kier molecular flexibility index (Phi) is 3.42. The Bertz CT molecular complexity index is 682. The molecule has 7 nitrogen and oxygen atoms in total. The van der Waals surface area contributed by atoms with Crippen molar-refractivity contribution in [1.29, 1.82) is 0 Å². The second kappa shape index (κ2) is 5.00. The van der Waals surface area contributed by atoms with Crippen molar-refractivity contribution in [3.8, 4) is 0 Å². The Morgan fingerprint density at radius 1 is 1.29 bits per heavy atom. The molecule has 0 spiro atoms. The van der Waals surface area contributed by atoms with Crippen molar-refractivity contribution in [3.63, 3.8) is 0 Å². The smallest absolute Gasteiger partial charge is 0.272 e. The quantitative estimate of drug-likeness (QED) is 0.650. The molecule has 0 radical (unpaired) electrons. The lowest BCUT2D eigenvalue weighted by atomic mass is 10.0. The van der Waals surface area contributed by atoms with Crippen LogP contribution in [-0.4, -0.2) is 43.8 Å². The van der Waals surface area contributed by atoms with Crippen molar-refractivity contribution < 1.29 is 17.7 Å². The van der Waals surface area contributed by atoms with Gasteiger partial charge in [0.15, 0.2) is 0 Å². The maximum atomic E-state index is 13.9. The van der Waals surface area contributed by atoms with Crippen molar-refractivity contribution >= 4 is 15.7 Å². The Morgan fingerprint density at radius 2 is 1.90 bits per heavy atom. The average molecular weight is 315 g/mol. The maximum absolute atomic E-state index is 13.9. The van der Waals surface area contributed by atoms with Crippen LogP contribution in [0.4, 0.5) is 10.1 Å². The van der Waals surface area contributed by atoms with E-state index in [1.165, 1.54) is 4.31 Å². The van der Waals surface area contributed by atoms with E-state index in [0.29, 0.717) is 19.2 Å². The Hall–Kier alpha value is -1.58. The van der Waals surface area contributed by atoms with E-state index in [1.54, 1.807) is 0 Å². The third-order valence-electron chi connectivity index (χ3n) is 4.10. The van der Waals surface area contributed by atoms with Crippen molar-refractivity contribution in [2.75, 3.05) is 26.2 Å². The third-order valence-corrected chi connectivity index (χ3v) is 5.96. The van der Waals surface area contributed by atoms with Gasteiger partial charge in [0.05, 0.1) is 11.0 Å². The summed E-state index contributed by atoms with van der Waals surface area (Å²) in [5, 5.41) is 13.8. The first-order valence-electron chi connectivity index (χ1n) is 6.54. The fourth-order valence-electron chi connectivity index (χ4n) is 2.96. The molecule has 0 aromatic heterocycles. The number of hydrogen-bond donors (Lipinski definition) is 1. The zero-order valence-electron chi connectivity index (χ0n) is 11.0. The van der Waals surface area contributed by atoms with E-state index in [1.807, 2.05) is 0 Å². The number of hydrogen-bond acceptors (Lipinski definition) is 5. The molecule has 0 amide bonds. The van der Waals surface area contributed by atoms with Crippen LogP contribution in [-0.2, 0) is 10.0 Å². The minimum Gasteiger partial charge on any atom is -0.316 e. The monoisotopic (exact) mass is 315 g/mol. The molecular formula is C12H14FN3O4S. The summed E-state index contributed by atoms with van der Waals surface area (Å²) in [6.07, 6.45) is 0. The van der Waals surface area contributed by atoms with E-state index in [9.17, 15) is 22.9 Å². The molecule has 9 heteroatoms. The van der Waals surface area contributed by atoms with Gasteiger partial charge >= 0.3 is 0 Å². The zero-order valence-corrected chi connectivity index (χ0v) is 11.8. The lowest BCUT2D eigenvalue weighted by Crippen LogP contribution is -2.32. The lowest BCUT2D eigenvalue weighted by molar-refractivity contribution is -0.385. The van der Waals surface area contributed by atoms with Crippen LogP contribution >= 0.6 is 0 Å². The summed E-state index contributed by atoms with van der Waals surface area (Å²) in [4.78, 5) is 9.32. The first-order chi connectivity index (χ1) is 9.89. The highest BCUT2D eigenvalue weighted by molar-refractivity contribution is 7.89. The molecule has 0 aliphatic carbocycles. The topological polar surface area (TPSA) is 92.5 Å². The van der Waals surface area contributed by atoms with E-state index < -0.39 is 31.3 Å². The molecule has 2 aliphatic heterocycles. The molecule has 0 bridgehead atoms. The molecule has 1 aromatic rings. The predicted molar refractivity (Wildman–Crippen MR) is 71.7 cm³/mol.